The van der Waals surface area contributed by atoms with E-state index in [1.807, 2.05) is 18.2 Å². The van der Waals surface area contributed by atoms with Crippen LogP contribution < -0.4 is 2.81 Å². The van der Waals surface area contributed by atoms with E-state index in [9.17, 15) is 22.6 Å². The van der Waals surface area contributed by atoms with Gasteiger partial charge in [-0.15, -0.1) is 0 Å². The van der Waals surface area contributed by atoms with Crippen molar-refractivity contribution >= 4 is 63.6 Å². The molecule has 0 atom stereocenters. The quantitative estimate of drug-likeness (QED) is 0.390. The molecule has 0 amide bonds. The molecule has 0 aliphatic heterocycles. The predicted molar refractivity (Wildman–Crippen MR) is 107 cm³/mol. The molecule has 29 heavy (non-hydrogen) atoms. The normalized spacial score (nSPS) is 11.3. The molecule has 0 radical (unpaired) electrons. The molecule has 0 aromatic heterocycles. The van der Waals surface area contributed by atoms with Crippen LogP contribution in [0.4, 0.5) is 0 Å². The summed E-state index contributed by atoms with van der Waals surface area (Å²) in [6.07, 6.45) is 0. The topological polar surface area (TPSA) is 107 Å². The standard InChI is InChI=1S/C20H15O7S.Na/c1-26-19(21)13-10-16(20(22)27-2)18(17(11-13)28(23,24)25)15-9-5-7-12-6-3-4-8-14(12)15;/h3-5,7-11H,1-2H3,(H,23,24,25);. The Morgan fingerprint density at radius 1 is 0.931 bits per heavy atom. The van der Waals surface area contributed by atoms with Crippen LogP contribution in [0.3, 0.4) is 0 Å². The number of hydrogen-bond acceptors (Lipinski definition) is 6. The molecule has 3 rings (SSSR count). The molecule has 3 aromatic carbocycles. The van der Waals surface area contributed by atoms with Crippen LogP contribution in [0.2, 0.25) is 0 Å². The minimum absolute atomic E-state index is 0.0372. The second-order valence-corrected chi connectivity index (χ2v) is 8.80. The summed E-state index contributed by atoms with van der Waals surface area (Å²) in [6.45, 7) is 0. The SMILES string of the molecule is COC(=O)c1cc(C(=O)OC)c(-c2cccc3[c]([Na])cccc23)c(S(=O)(=O)O)c1. The van der Waals surface area contributed by atoms with Crippen LogP contribution in [0.5, 0.6) is 0 Å². The van der Waals surface area contributed by atoms with Gasteiger partial charge < -0.3 is 0 Å². The molecular formula is C20H15NaO7S. The molecule has 0 heterocycles. The molecule has 0 saturated carbocycles. The van der Waals surface area contributed by atoms with Gasteiger partial charge >= 0.3 is 186 Å². The fourth-order valence-electron chi connectivity index (χ4n) is 3.29. The Morgan fingerprint density at radius 3 is 2.17 bits per heavy atom. The zero-order valence-electron chi connectivity index (χ0n) is 15.9. The number of hydrogen-bond donors (Lipinski definition) is 1. The fourth-order valence-corrected chi connectivity index (χ4v) is 4.67. The number of esters is 2. The zero-order valence-corrected chi connectivity index (χ0v) is 18.7. The van der Waals surface area contributed by atoms with Gasteiger partial charge in [-0.25, -0.2) is 0 Å². The zero-order chi connectivity index (χ0) is 21.3. The van der Waals surface area contributed by atoms with Crippen LogP contribution in [-0.2, 0) is 19.6 Å². The van der Waals surface area contributed by atoms with Crippen molar-refractivity contribution in [2.24, 2.45) is 0 Å². The first-order chi connectivity index (χ1) is 13.7. The van der Waals surface area contributed by atoms with E-state index in [-0.39, 0.29) is 16.7 Å². The molecule has 0 fully saturated rings. The Labute approximate surface area is 184 Å². The first-order valence-corrected chi connectivity index (χ1v) is 10.9. The van der Waals surface area contributed by atoms with Gasteiger partial charge in [0, 0.05) is 0 Å². The molecule has 0 unspecified atom stereocenters. The molecule has 0 aliphatic carbocycles. The van der Waals surface area contributed by atoms with Crippen LogP contribution in [0, 0.1) is 0 Å². The second-order valence-electron chi connectivity index (χ2n) is 6.33. The van der Waals surface area contributed by atoms with E-state index in [0.717, 1.165) is 56.4 Å². The van der Waals surface area contributed by atoms with E-state index in [4.69, 9.17) is 4.74 Å². The average Bonchev–Trinajstić information content (AvgIpc) is 2.71. The van der Waals surface area contributed by atoms with Crippen LogP contribution in [0.15, 0.2) is 53.4 Å². The van der Waals surface area contributed by atoms with Crippen LogP contribution in [0.25, 0.3) is 21.9 Å². The van der Waals surface area contributed by atoms with Gasteiger partial charge in [0.25, 0.3) is 0 Å². The van der Waals surface area contributed by atoms with Crippen LogP contribution in [0.1, 0.15) is 20.7 Å². The summed E-state index contributed by atoms with van der Waals surface area (Å²) in [7, 11) is -2.53. The number of ether oxygens (including phenoxy) is 2. The summed E-state index contributed by atoms with van der Waals surface area (Å²) in [5.41, 5.74) is 0.0110. The van der Waals surface area contributed by atoms with Gasteiger partial charge in [-0.05, 0) is 0 Å². The summed E-state index contributed by atoms with van der Waals surface area (Å²) < 4.78 is 44.9. The third-order valence-corrected chi connectivity index (χ3v) is 6.37. The fraction of sp³-hybridized carbons (Fsp3) is 0.100. The Bertz CT molecular complexity index is 1250. The van der Waals surface area contributed by atoms with Gasteiger partial charge in [-0.1, -0.05) is 0 Å². The molecular weight excluding hydrogens is 407 g/mol. The third kappa shape index (κ3) is 4.08. The van der Waals surface area contributed by atoms with Crippen LogP contribution in [-0.4, -0.2) is 67.1 Å². The number of rotatable bonds is 4. The van der Waals surface area contributed by atoms with Gasteiger partial charge in [0.05, 0.1) is 0 Å². The number of carbonyl (C=O) groups excluding carboxylic acids is 2. The van der Waals surface area contributed by atoms with Gasteiger partial charge in [0.1, 0.15) is 0 Å². The monoisotopic (exact) mass is 422 g/mol. The van der Waals surface area contributed by atoms with Gasteiger partial charge in [-0.3, -0.25) is 0 Å². The number of methoxy groups -OCH3 is 2. The van der Waals surface area contributed by atoms with Crippen molar-refractivity contribution in [1.82, 2.24) is 0 Å². The minimum atomic E-state index is -4.80. The van der Waals surface area contributed by atoms with E-state index < -0.39 is 27.0 Å². The molecule has 9 heteroatoms. The maximum absolute atomic E-state index is 12.5. The molecule has 0 bridgehead atoms. The first-order valence-electron chi connectivity index (χ1n) is 8.50. The summed E-state index contributed by atoms with van der Waals surface area (Å²) in [5, 5.41) is 1.62. The molecule has 1 N–H and O–H groups in total. The van der Waals surface area contributed by atoms with Crippen molar-refractivity contribution in [3.05, 3.63) is 59.7 Å². The summed E-state index contributed by atoms with van der Waals surface area (Å²) >= 11 is 0.758. The number of benzene rings is 3. The van der Waals surface area contributed by atoms with Gasteiger partial charge in [0.2, 0.25) is 0 Å². The number of carbonyl (C=O) groups is 2. The van der Waals surface area contributed by atoms with E-state index in [2.05, 4.69) is 4.74 Å². The molecule has 0 saturated heterocycles. The van der Waals surface area contributed by atoms with Crippen molar-refractivity contribution in [1.29, 1.82) is 0 Å². The van der Waals surface area contributed by atoms with Crippen molar-refractivity contribution < 1.29 is 32.0 Å². The van der Waals surface area contributed by atoms with Gasteiger partial charge in [0.15, 0.2) is 0 Å². The maximum atomic E-state index is 12.5. The molecule has 0 aliphatic rings. The Morgan fingerprint density at radius 2 is 1.55 bits per heavy atom. The van der Waals surface area contributed by atoms with Crippen molar-refractivity contribution in [2.75, 3.05) is 14.2 Å². The molecule has 3 aromatic rings. The van der Waals surface area contributed by atoms with E-state index in [1.165, 1.54) is 6.07 Å². The van der Waals surface area contributed by atoms with E-state index in [1.54, 1.807) is 18.2 Å². The molecule has 144 valence electrons. The van der Waals surface area contributed by atoms with Gasteiger partial charge in [-0.2, -0.15) is 0 Å². The van der Waals surface area contributed by atoms with Crippen molar-refractivity contribution in [3.63, 3.8) is 0 Å². The van der Waals surface area contributed by atoms with Crippen LogP contribution >= 0.6 is 0 Å². The summed E-state index contributed by atoms with van der Waals surface area (Å²) in [4.78, 5) is 23.9. The van der Waals surface area contributed by atoms with Crippen molar-refractivity contribution in [2.45, 2.75) is 4.90 Å². The molecule has 0 spiro atoms. The third-order valence-electron chi connectivity index (χ3n) is 4.62. The van der Waals surface area contributed by atoms with E-state index in [0.29, 0.717) is 10.9 Å². The summed E-state index contributed by atoms with van der Waals surface area (Å²) in [5.74, 6) is -1.71. The Hall–Kier alpha value is -2.23. The molecule has 7 nitrogen and oxygen atoms in total. The predicted octanol–water partition coefficient (Wildman–Crippen LogP) is 2.12. The summed E-state index contributed by atoms with van der Waals surface area (Å²) in [6, 6.07) is 13.1. The Balaban J connectivity index is 2.53. The second kappa shape index (κ2) is 8.25. The number of fused-ring (bicyclic) bond motifs is 1. The Kier molecular flexibility index (Phi) is 6.11. The first kappa shape index (κ1) is 21.5. The van der Waals surface area contributed by atoms with E-state index >= 15 is 0 Å². The average molecular weight is 422 g/mol. The van der Waals surface area contributed by atoms with Crippen molar-refractivity contribution in [3.8, 4) is 11.1 Å².